The highest BCUT2D eigenvalue weighted by atomic mass is 16.5. The van der Waals surface area contributed by atoms with Crippen LogP contribution in [0.4, 0.5) is 5.88 Å². The third-order valence-electron chi connectivity index (χ3n) is 5.01. The van der Waals surface area contributed by atoms with E-state index in [1.165, 1.54) is 13.4 Å². The van der Waals surface area contributed by atoms with Crippen molar-refractivity contribution in [2.45, 2.75) is 32.7 Å². The van der Waals surface area contributed by atoms with E-state index < -0.39 is 5.97 Å². The van der Waals surface area contributed by atoms with Crippen LogP contribution < -0.4 is 4.90 Å². The number of nitrogens with zero attached hydrogens (tertiary/aromatic N) is 4. The quantitative estimate of drug-likeness (QED) is 0.680. The fourth-order valence-corrected chi connectivity index (χ4v) is 3.39. The van der Waals surface area contributed by atoms with Crippen molar-refractivity contribution in [3.63, 3.8) is 0 Å². The Hall–Kier alpha value is -3.28. The Morgan fingerprint density at radius 3 is 2.69 bits per heavy atom. The topological polar surface area (TPSA) is 113 Å². The smallest absolute Gasteiger partial charge is 0.325 e. The number of amides is 1. The number of hydrogen-bond donors (Lipinski definition) is 0. The molecule has 0 bridgehead atoms. The van der Waals surface area contributed by atoms with Crippen LogP contribution in [0, 0.1) is 17.2 Å². The van der Waals surface area contributed by atoms with Crippen LogP contribution in [0.15, 0.2) is 27.2 Å². The Morgan fingerprint density at radius 2 is 2.14 bits per heavy atom. The average Bonchev–Trinajstić information content (AvgIpc) is 3.40. The normalized spacial score (nSPS) is 14.7. The van der Waals surface area contributed by atoms with E-state index in [4.69, 9.17) is 13.6 Å². The Bertz CT molecular complexity index is 889. The first-order chi connectivity index (χ1) is 13.9. The van der Waals surface area contributed by atoms with Crippen LogP contribution in [0.5, 0.6) is 0 Å². The summed E-state index contributed by atoms with van der Waals surface area (Å²) in [5.74, 6) is 0.406. The van der Waals surface area contributed by atoms with Crippen LogP contribution in [-0.4, -0.2) is 54.5 Å². The molecule has 154 valence electrons. The molecule has 2 aromatic heterocycles. The minimum atomic E-state index is -0.435. The van der Waals surface area contributed by atoms with Gasteiger partial charge in [0.25, 0.3) is 5.89 Å². The van der Waals surface area contributed by atoms with Crippen molar-refractivity contribution in [2.75, 3.05) is 31.6 Å². The number of anilines is 1. The van der Waals surface area contributed by atoms with Crippen LogP contribution in [0.1, 0.15) is 32.4 Å². The van der Waals surface area contributed by atoms with Crippen LogP contribution in [-0.2, 0) is 14.3 Å². The summed E-state index contributed by atoms with van der Waals surface area (Å²) in [7, 11) is 1.31. The lowest BCUT2D eigenvalue weighted by molar-refractivity contribution is -0.150. The molecule has 2 aromatic rings. The molecular formula is C20H24N4O5. The van der Waals surface area contributed by atoms with Gasteiger partial charge in [-0.15, -0.1) is 0 Å². The number of methoxy groups -OCH3 is 1. The SMILES string of the molecule is COC(=O)CN(C(=O)C1CCN(c2oc(-c3ccco3)nc2C#N)CC1)C(C)C. The summed E-state index contributed by atoms with van der Waals surface area (Å²) in [6.07, 6.45) is 2.69. The standard InChI is InChI=1S/C20H24N4O5/c1-13(2)24(12-17(25)27-3)19(26)14-6-8-23(9-7-14)20-15(11-21)22-18(29-20)16-5-4-10-28-16/h4-5,10,13-14H,6-9,12H2,1-3H3. The molecule has 1 fully saturated rings. The van der Waals surface area contributed by atoms with Crippen molar-refractivity contribution in [3.8, 4) is 17.7 Å². The van der Waals surface area contributed by atoms with E-state index >= 15 is 0 Å². The number of esters is 1. The van der Waals surface area contributed by atoms with E-state index in [9.17, 15) is 14.9 Å². The lowest BCUT2D eigenvalue weighted by Gasteiger charge is -2.35. The van der Waals surface area contributed by atoms with Gasteiger partial charge in [-0.25, -0.2) is 0 Å². The van der Waals surface area contributed by atoms with Gasteiger partial charge in [-0.2, -0.15) is 10.2 Å². The summed E-state index contributed by atoms with van der Waals surface area (Å²) < 4.78 is 15.8. The molecular weight excluding hydrogens is 376 g/mol. The van der Waals surface area contributed by atoms with Crippen LogP contribution >= 0.6 is 0 Å². The molecule has 0 N–H and O–H groups in total. The summed E-state index contributed by atoms with van der Waals surface area (Å²) in [5, 5.41) is 9.41. The number of oxazole rings is 1. The predicted octanol–water partition coefficient (Wildman–Crippen LogP) is 2.43. The number of rotatable bonds is 6. The zero-order valence-corrected chi connectivity index (χ0v) is 16.8. The zero-order chi connectivity index (χ0) is 21.0. The second-order valence-corrected chi connectivity index (χ2v) is 7.16. The highest BCUT2D eigenvalue weighted by Crippen LogP contribution is 2.31. The molecule has 3 rings (SSSR count). The molecule has 0 aliphatic carbocycles. The fraction of sp³-hybridized carbons (Fsp3) is 0.500. The number of piperidine rings is 1. The minimum Gasteiger partial charge on any atom is -0.468 e. The summed E-state index contributed by atoms with van der Waals surface area (Å²) in [5.41, 5.74) is 0.190. The summed E-state index contributed by atoms with van der Waals surface area (Å²) >= 11 is 0. The molecule has 29 heavy (non-hydrogen) atoms. The number of nitriles is 1. The van der Waals surface area contributed by atoms with E-state index in [1.807, 2.05) is 18.7 Å². The molecule has 1 amide bonds. The molecule has 0 atom stereocenters. The fourth-order valence-electron chi connectivity index (χ4n) is 3.39. The van der Waals surface area contributed by atoms with Crippen LogP contribution in [0.2, 0.25) is 0 Å². The summed E-state index contributed by atoms with van der Waals surface area (Å²) in [4.78, 5) is 32.2. The number of ether oxygens (including phenoxy) is 1. The van der Waals surface area contributed by atoms with Crippen LogP contribution in [0.25, 0.3) is 11.7 Å². The number of hydrogen-bond acceptors (Lipinski definition) is 8. The van der Waals surface area contributed by atoms with E-state index in [0.717, 1.165) is 0 Å². The van der Waals surface area contributed by atoms with Crippen molar-refractivity contribution in [1.82, 2.24) is 9.88 Å². The highest BCUT2D eigenvalue weighted by molar-refractivity contribution is 5.84. The van der Waals surface area contributed by atoms with Crippen molar-refractivity contribution in [3.05, 3.63) is 24.1 Å². The average molecular weight is 400 g/mol. The van der Waals surface area contributed by atoms with E-state index in [2.05, 4.69) is 11.1 Å². The molecule has 3 heterocycles. The minimum absolute atomic E-state index is 0.0552. The van der Waals surface area contributed by atoms with Gasteiger partial charge in [-0.05, 0) is 38.8 Å². The number of carbonyl (C=O) groups is 2. The molecule has 0 radical (unpaired) electrons. The monoisotopic (exact) mass is 400 g/mol. The molecule has 0 spiro atoms. The molecule has 0 aromatic carbocycles. The number of aromatic nitrogens is 1. The van der Waals surface area contributed by atoms with Gasteiger partial charge >= 0.3 is 5.97 Å². The second-order valence-electron chi connectivity index (χ2n) is 7.16. The Labute approximate surface area is 168 Å². The Kier molecular flexibility index (Phi) is 6.22. The third kappa shape index (κ3) is 4.42. The van der Waals surface area contributed by atoms with Gasteiger partial charge in [0.1, 0.15) is 12.6 Å². The second kappa shape index (κ2) is 8.82. The first-order valence-corrected chi connectivity index (χ1v) is 9.51. The van der Waals surface area contributed by atoms with Gasteiger partial charge in [0.15, 0.2) is 5.76 Å². The van der Waals surface area contributed by atoms with Gasteiger partial charge in [0, 0.05) is 25.0 Å². The molecule has 9 heteroatoms. The first kappa shape index (κ1) is 20.5. The van der Waals surface area contributed by atoms with Gasteiger partial charge in [-0.1, -0.05) is 0 Å². The van der Waals surface area contributed by atoms with Crippen molar-refractivity contribution < 1.29 is 23.2 Å². The maximum Gasteiger partial charge on any atom is 0.325 e. The summed E-state index contributed by atoms with van der Waals surface area (Å²) in [6, 6.07) is 5.38. The lowest BCUT2D eigenvalue weighted by Crippen LogP contribution is -2.47. The Balaban J connectivity index is 1.68. The highest BCUT2D eigenvalue weighted by Gasteiger charge is 2.33. The van der Waals surface area contributed by atoms with Crippen molar-refractivity contribution in [1.29, 1.82) is 5.26 Å². The summed E-state index contributed by atoms with van der Waals surface area (Å²) in [6.45, 7) is 4.78. The molecule has 9 nitrogen and oxygen atoms in total. The van der Waals surface area contributed by atoms with E-state index in [0.29, 0.717) is 37.6 Å². The molecule has 0 unspecified atom stereocenters. The van der Waals surface area contributed by atoms with E-state index in [1.54, 1.807) is 17.0 Å². The molecule has 1 aliphatic rings. The zero-order valence-electron chi connectivity index (χ0n) is 16.8. The molecule has 1 aliphatic heterocycles. The largest absolute Gasteiger partial charge is 0.468 e. The molecule has 0 saturated carbocycles. The van der Waals surface area contributed by atoms with Crippen LogP contribution in [0.3, 0.4) is 0 Å². The predicted molar refractivity (Wildman–Crippen MR) is 103 cm³/mol. The van der Waals surface area contributed by atoms with Gasteiger partial charge < -0.3 is 23.4 Å². The van der Waals surface area contributed by atoms with Crippen molar-refractivity contribution >= 4 is 17.8 Å². The van der Waals surface area contributed by atoms with Gasteiger partial charge in [0.2, 0.25) is 17.5 Å². The maximum atomic E-state index is 12.9. The number of furan rings is 1. The van der Waals surface area contributed by atoms with Crippen molar-refractivity contribution in [2.24, 2.45) is 5.92 Å². The number of carbonyl (C=O) groups excluding carboxylic acids is 2. The van der Waals surface area contributed by atoms with E-state index in [-0.39, 0.29) is 36.0 Å². The molecule has 1 saturated heterocycles. The van der Waals surface area contributed by atoms with Gasteiger partial charge in [0.05, 0.1) is 13.4 Å². The maximum absolute atomic E-state index is 12.9. The first-order valence-electron chi connectivity index (χ1n) is 9.51. The van der Waals surface area contributed by atoms with Gasteiger partial charge in [-0.3, -0.25) is 9.59 Å². The lowest BCUT2D eigenvalue weighted by atomic mass is 9.94. The third-order valence-corrected chi connectivity index (χ3v) is 5.01. The Morgan fingerprint density at radius 1 is 1.41 bits per heavy atom.